The molecule has 0 spiro atoms. The molecule has 0 aliphatic heterocycles. The molecule has 2 aliphatic rings. The van der Waals surface area contributed by atoms with Crippen LogP contribution < -0.4 is 10.0 Å². The minimum Gasteiger partial charge on any atom is -0.326 e. The molecule has 3 atom stereocenters. The minimum absolute atomic E-state index is 0.0270. The Morgan fingerprint density at radius 2 is 1.91 bits per heavy atom. The average Bonchev–Trinajstić information content (AvgIpc) is 3.10. The highest BCUT2D eigenvalue weighted by molar-refractivity contribution is 7.89. The van der Waals surface area contributed by atoms with E-state index in [1.165, 1.54) is 12.1 Å². The number of nitrogens with one attached hydrogen (secondary N) is 2. The zero-order valence-corrected chi connectivity index (χ0v) is 13.3. The topological polar surface area (TPSA) is 75.3 Å². The summed E-state index contributed by atoms with van der Waals surface area (Å²) < 4.78 is 26.1. The van der Waals surface area contributed by atoms with Crippen molar-refractivity contribution in [2.75, 3.05) is 11.9 Å². The molecule has 2 aliphatic carbocycles. The largest absolute Gasteiger partial charge is 0.326 e. The van der Waals surface area contributed by atoms with Gasteiger partial charge in [-0.3, -0.25) is 4.79 Å². The van der Waals surface area contributed by atoms with Crippen molar-refractivity contribution in [1.82, 2.24) is 4.72 Å². The molecule has 0 heterocycles. The maximum Gasteiger partial charge on any atom is 0.240 e. The standard InChI is InChI=1S/C16H20N2O3S/c1-2-17-22(20,21)14-7-5-13(6-8-14)18-16(19)15-10-11-3-4-12(15)9-11/h3-8,11-12,15,17H,2,9-10H2,1H3,(H,18,19)/t11-,12-,15+/m0/s1. The monoisotopic (exact) mass is 320 g/mol. The molecule has 1 aromatic rings. The first kappa shape index (κ1) is 15.2. The van der Waals surface area contributed by atoms with E-state index in [9.17, 15) is 13.2 Å². The van der Waals surface area contributed by atoms with Gasteiger partial charge in [-0.2, -0.15) is 0 Å². The van der Waals surface area contributed by atoms with Crippen molar-refractivity contribution < 1.29 is 13.2 Å². The number of amides is 1. The Kier molecular flexibility index (Phi) is 4.06. The number of fused-ring (bicyclic) bond motifs is 2. The summed E-state index contributed by atoms with van der Waals surface area (Å²) in [7, 11) is -3.45. The number of hydrogen-bond donors (Lipinski definition) is 2. The summed E-state index contributed by atoms with van der Waals surface area (Å²) in [6.07, 6.45) is 6.34. The second kappa shape index (κ2) is 5.85. The summed E-state index contributed by atoms with van der Waals surface area (Å²) in [5.41, 5.74) is 0.632. The Balaban J connectivity index is 1.66. The predicted octanol–water partition coefficient (Wildman–Crippen LogP) is 2.14. The Bertz CT molecular complexity index is 695. The highest BCUT2D eigenvalue weighted by atomic mass is 32.2. The third-order valence-electron chi connectivity index (χ3n) is 4.38. The van der Waals surface area contributed by atoms with Crippen LogP contribution in [-0.2, 0) is 14.8 Å². The van der Waals surface area contributed by atoms with E-state index in [1.54, 1.807) is 19.1 Å². The average molecular weight is 320 g/mol. The molecule has 0 unspecified atom stereocenters. The van der Waals surface area contributed by atoms with Crippen LogP contribution in [0, 0.1) is 17.8 Å². The van der Waals surface area contributed by atoms with Crippen LogP contribution in [0.15, 0.2) is 41.3 Å². The lowest BCUT2D eigenvalue weighted by Crippen LogP contribution is -2.26. The Morgan fingerprint density at radius 1 is 1.18 bits per heavy atom. The Labute approximate surface area is 130 Å². The third-order valence-corrected chi connectivity index (χ3v) is 5.94. The molecule has 0 saturated heterocycles. The number of hydrogen-bond acceptors (Lipinski definition) is 3. The Hall–Kier alpha value is -1.66. The molecule has 6 heteroatoms. The fourth-order valence-electron chi connectivity index (χ4n) is 3.31. The van der Waals surface area contributed by atoms with Crippen molar-refractivity contribution in [2.45, 2.75) is 24.7 Å². The van der Waals surface area contributed by atoms with Crippen molar-refractivity contribution >= 4 is 21.6 Å². The number of sulfonamides is 1. The summed E-state index contributed by atoms with van der Waals surface area (Å²) in [4.78, 5) is 12.5. The number of benzene rings is 1. The molecule has 0 aromatic heterocycles. The molecule has 1 aromatic carbocycles. The number of rotatable bonds is 5. The van der Waals surface area contributed by atoms with Crippen LogP contribution in [0.3, 0.4) is 0 Å². The molecule has 5 nitrogen and oxygen atoms in total. The highest BCUT2D eigenvalue weighted by Gasteiger charge is 2.39. The lowest BCUT2D eigenvalue weighted by atomic mass is 9.93. The summed E-state index contributed by atoms with van der Waals surface area (Å²) in [5.74, 6) is 0.978. The molecule has 0 radical (unpaired) electrons. The molecule has 118 valence electrons. The second-order valence-corrected chi connectivity index (χ2v) is 7.67. The fourth-order valence-corrected chi connectivity index (χ4v) is 4.35. The van der Waals surface area contributed by atoms with E-state index in [2.05, 4.69) is 22.2 Å². The van der Waals surface area contributed by atoms with Gasteiger partial charge in [0.1, 0.15) is 0 Å². The van der Waals surface area contributed by atoms with Crippen molar-refractivity contribution in [3.05, 3.63) is 36.4 Å². The van der Waals surface area contributed by atoms with Crippen LogP contribution in [-0.4, -0.2) is 20.9 Å². The quantitative estimate of drug-likeness (QED) is 0.816. The molecule has 1 fully saturated rings. The molecule has 1 saturated carbocycles. The van der Waals surface area contributed by atoms with Gasteiger partial charge in [-0.15, -0.1) is 0 Å². The molecular weight excluding hydrogens is 300 g/mol. The molecule has 3 rings (SSSR count). The summed E-state index contributed by atoms with van der Waals surface area (Å²) in [6.45, 7) is 2.08. The van der Waals surface area contributed by atoms with E-state index in [0.717, 1.165) is 12.8 Å². The van der Waals surface area contributed by atoms with Gasteiger partial charge in [-0.1, -0.05) is 19.1 Å². The normalized spacial score (nSPS) is 26.3. The molecular formula is C16H20N2O3S. The van der Waals surface area contributed by atoms with Gasteiger partial charge in [0.25, 0.3) is 0 Å². The van der Waals surface area contributed by atoms with Gasteiger partial charge in [-0.25, -0.2) is 13.1 Å². The maximum atomic E-state index is 12.3. The SMILES string of the molecule is CCNS(=O)(=O)c1ccc(NC(=O)[C@@H]2C[C@H]3C=C[C@H]2C3)cc1. The number of carbonyl (C=O) groups excluding carboxylic acids is 1. The number of anilines is 1. The highest BCUT2D eigenvalue weighted by Crippen LogP contribution is 2.43. The molecule has 2 bridgehead atoms. The van der Waals surface area contributed by atoms with Crippen LogP contribution in [0.5, 0.6) is 0 Å². The summed E-state index contributed by atoms with van der Waals surface area (Å²) in [6, 6.07) is 6.28. The lowest BCUT2D eigenvalue weighted by Gasteiger charge is -2.17. The van der Waals surface area contributed by atoms with Crippen molar-refractivity contribution in [1.29, 1.82) is 0 Å². The van der Waals surface area contributed by atoms with Crippen molar-refractivity contribution in [3.8, 4) is 0 Å². The molecule has 2 N–H and O–H groups in total. The second-order valence-electron chi connectivity index (χ2n) is 5.90. The minimum atomic E-state index is -3.45. The van der Waals surface area contributed by atoms with E-state index in [1.807, 2.05) is 0 Å². The predicted molar refractivity (Wildman–Crippen MR) is 84.8 cm³/mol. The summed E-state index contributed by atoms with van der Waals surface area (Å²) in [5, 5.41) is 2.89. The molecule has 22 heavy (non-hydrogen) atoms. The fraction of sp³-hybridized carbons (Fsp3) is 0.438. The van der Waals surface area contributed by atoms with Crippen LogP contribution in [0.1, 0.15) is 19.8 Å². The van der Waals surface area contributed by atoms with Crippen LogP contribution in [0.25, 0.3) is 0 Å². The van der Waals surface area contributed by atoms with Gasteiger partial charge < -0.3 is 5.32 Å². The summed E-state index contributed by atoms with van der Waals surface area (Å²) >= 11 is 0. The van der Waals surface area contributed by atoms with Crippen LogP contribution >= 0.6 is 0 Å². The van der Waals surface area contributed by atoms with Gasteiger partial charge in [0.15, 0.2) is 0 Å². The zero-order chi connectivity index (χ0) is 15.7. The van der Waals surface area contributed by atoms with Gasteiger partial charge in [0.2, 0.25) is 15.9 Å². The van der Waals surface area contributed by atoms with E-state index in [0.29, 0.717) is 24.1 Å². The third kappa shape index (κ3) is 2.94. The van der Waals surface area contributed by atoms with Gasteiger partial charge in [-0.05, 0) is 48.9 Å². The first-order chi connectivity index (χ1) is 10.5. The first-order valence-electron chi connectivity index (χ1n) is 7.58. The van der Waals surface area contributed by atoms with E-state index < -0.39 is 10.0 Å². The van der Waals surface area contributed by atoms with Gasteiger partial charge >= 0.3 is 0 Å². The number of carbonyl (C=O) groups is 1. The van der Waals surface area contributed by atoms with E-state index in [4.69, 9.17) is 0 Å². The van der Waals surface area contributed by atoms with Crippen LogP contribution in [0.4, 0.5) is 5.69 Å². The first-order valence-corrected chi connectivity index (χ1v) is 9.07. The smallest absolute Gasteiger partial charge is 0.240 e. The van der Waals surface area contributed by atoms with Gasteiger partial charge in [0.05, 0.1) is 4.90 Å². The van der Waals surface area contributed by atoms with Crippen molar-refractivity contribution in [3.63, 3.8) is 0 Å². The maximum absolute atomic E-state index is 12.3. The number of allylic oxidation sites excluding steroid dienone is 2. The lowest BCUT2D eigenvalue weighted by molar-refractivity contribution is -0.120. The van der Waals surface area contributed by atoms with Crippen molar-refractivity contribution in [2.24, 2.45) is 17.8 Å². The van der Waals surface area contributed by atoms with E-state index in [-0.39, 0.29) is 16.7 Å². The van der Waals surface area contributed by atoms with Gasteiger partial charge in [0, 0.05) is 18.2 Å². The van der Waals surface area contributed by atoms with E-state index >= 15 is 0 Å². The zero-order valence-electron chi connectivity index (χ0n) is 12.5. The van der Waals surface area contributed by atoms with Crippen LogP contribution in [0.2, 0.25) is 0 Å². The Morgan fingerprint density at radius 3 is 2.45 bits per heavy atom. The molecule has 1 amide bonds.